The van der Waals surface area contributed by atoms with Gasteiger partial charge in [-0.05, 0) is 72.4 Å². The molecule has 1 aliphatic rings. The molecule has 158 valence electrons. The SMILES string of the molecule is O=c1cc(CSc2nnc(-c3ccco3)n2-c2ccccc2)c2cc3c(cc2o1)CCC3. The predicted octanol–water partition coefficient (Wildman–Crippen LogP) is 5.41. The average molecular weight is 442 g/mol. The van der Waals surface area contributed by atoms with E-state index in [1.165, 1.54) is 22.9 Å². The van der Waals surface area contributed by atoms with Crippen molar-refractivity contribution in [1.82, 2.24) is 14.8 Å². The van der Waals surface area contributed by atoms with Crippen LogP contribution in [0.5, 0.6) is 0 Å². The smallest absolute Gasteiger partial charge is 0.336 e. The van der Waals surface area contributed by atoms with Crippen molar-refractivity contribution in [3.63, 3.8) is 0 Å². The number of rotatable bonds is 5. The van der Waals surface area contributed by atoms with Crippen LogP contribution in [0, 0.1) is 0 Å². The summed E-state index contributed by atoms with van der Waals surface area (Å²) in [5.74, 6) is 1.86. The predicted molar refractivity (Wildman–Crippen MR) is 123 cm³/mol. The van der Waals surface area contributed by atoms with E-state index >= 15 is 0 Å². The lowest BCUT2D eigenvalue weighted by atomic mass is 10.0. The molecule has 0 aliphatic heterocycles. The number of fused-ring (bicyclic) bond motifs is 2. The maximum atomic E-state index is 12.2. The van der Waals surface area contributed by atoms with Gasteiger partial charge in [0.2, 0.25) is 5.82 Å². The summed E-state index contributed by atoms with van der Waals surface area (Å²) in [7, 11) is 0. The molecule has 0 radical (unpaired) electrons. The Balaban J connectivity index is 1.40. The Hall–Kier alpha value is -3.58. The summed E-state index contributed by atoms with van der Waals surface area (Å²) in [6.07, 6.45) is 4.89. The zero-order chi connectivity index (χ0) is 21.5. The second-order valence-electron chi connectivity index (χ2n) is 7.80. The molecule has 3 aromatic heterocycles. The van der Waals surface area contributed by atoms with Crippen LogP contribution in [0.1, 0.15) is 23.1 Å². The molecule has 0 unspecified atom stereocenters. The molecular formula is C25H19N3O3S. The Morgan fingerprint density at radius 2 is 1.81 bits per heavy atom. The second kappa shape index (κ2) is 7.84. The highest BCUT2D eigenvalue weighted by Gasteiger charge is 2.19. The quantitative estimate of drug-likeness (QED) is 0.268. The number of thioether (sulfide) groups is 1. The van der Waals surface area contributed by atoms with Crippen LogP contribution in [0.4, 0.5) is 0 Å². The number of aromatic nitrogens is 3. The molecule has 0 atom stereocenters. The molecule has 7 heteroatoms. The van der Waals surface area contributed by atoms with Gasteiger partial charge >= 0.3 is 5.63 Å². The van der Waals surface area contributed by atoms with E-state index in [9.17, 15) is 4.79 Å². The summed E-state index contributed by atoms with van der Waals surface area (Å²) >= 11 is 1.54. The van der Waals surface area contributed by atoms with E-state index in [2.05, 4.69) is 16.3 Å². The van der Waals surface area contributed by atoms with Crippen LogP contribution in [-0.4, -0.2) is 14.8 Å². The first-order valence-electron chi connectivity index (χ1n) is 10.5. The lowest BCUT2D eigenvalue weighted by Crippen LogP contribution is -2.02. The fraction of sp³-hybridized carbons (Fsp3) is 0.160. The first kappa shape index (κ1) is 19.1. The first-order chi connectivity index (χ1) is 15.8. The lowest BCUT2D eigenvalue weighted by Gasteiger charge is -2.10. The molecule has 32 heavy (non-hydrogen) atoms. The van der Waals surface area contributed by atoms with E-state index < -0.39 is 0 Å². The molecule has 0 fully saturated rings. The Kier molecular flexibility index (Phi) is 4.69. The van der Waals surface area contributed by atoms with Crippen molar-refractivity contribution < 1.29 is 8.83 Å². The van der Waals surface area contributed by atoms with Crippen molar-refractivity contribution >= 4 is 22.7 Å². The molecule has 5 aromatic rings. The standard InChI is InChI=1S/C25H19N3O3S/c29-23-14-18(20-12-16-6-4-7-17(16)13-22(20)31-23)15-32-25-27-26-24(21-10-5-11-30-21)28(25)19-8-2-1-3-9-19/h1-3,5,8-14H,4,6-7,15H2. The Bertz CT molecular complexity index is 1470. The topological polar surface area (TPSA) is 74.1 Å². The number of aryl methyl sites for hydroxylation is 2. The molecule has 6 rings (SSSR count). The molecular weight excluding hydrogens is 422 g/mol. The van der Waals surface area contributed by atoms with Crippen molar-refractivity contribution in [1.29, 1.82) is 0 Å². The molecule has 6 nitrogen and oxygen atoms in total. The molecule has 3 heterocycles. The van der Waals surface area contributed by atoms with Crippen LogP contribution in [0.25, 0.3) is 28.2 Å². The molecule has 1 aliphatic carbocycles. The fourth-order valence-electron chi connectivity index (χ4n) is 4.30. The summed E-state index contributed by atoms with van der Waals surface area (Å²) in [6.45, 7) is 0. The normalized spacial score (nSPS) is 13.0. The van der Waals surface area contributed by atoms with E-state index in [0.717, 1.165) is 41.1 Å². The van der Waals surface area contributed by atoms with E-state index in [1.54, 1.807) is 12.3 Å². The van der Waals surface area contributed by atoms with Gasteiger partial charge in [0.05, 0.1) is 6.26 Å². The highest BCUT2D eigenvalue weighted by molar-refractivity contribution is 7.98. The maximum Gasteiger partial charge on any atom is 0.336 e. The molecule has 2 aromatic carbocycles. The van der Waals surface area contributed by atoms with Gasteiger partial charge in [-0.3, -0.25) is 4.57 Å². The lowest BCUT2D eigenvalue weighted by molar-refractivity contribution is 0.559. The van der Waals surface area contributed by atoms with Gasteiger partial charge in [0.15, 0.2) is 10.9 Å². The minimum Gasteiger partial charge on any atom is -0.461 e. The molecule has 0 amide bonds. The Labute approximate surface area is 187 Å². The average Bonchev–Trinajstić information content (AvgIpc) is 3.57. The third-order valence-corrected chi connectivity index (χ3v) is 6.77. The van der Waals surface area contributed by atoms with Gasteiger partial charge in [-0.2, -0.15) is 0 Å². The number of hydrogen-bond donors (Lipinski definition) is 0. The highest BCUT2D eigenvalue weighted by atomic mass is 32.2. The van der Waals surface area contributed by atoms with Gasteiger partial charge in [-0.1, -0.05) is 30.0 Å². The van der Waals surface area contributed by atoms with E-state index in [0.29, 0.717) is 22.9 Å². The summed E-state index contributed by atoms with van der Waals surface area (Å²) in [6, 6.07) is 19.5. The third-order valence-electron chi connectivity index (χ3n) is 5.79. The molecule has 0 saturated heterocycles. The van der Waals surface area contributed by atoms with Gasteiger partial charge < -0.3 is 8.83 Å². The number of benzene rings is 2. The summed E-state index contributed by atoms with van der Waals surface area (Å²) < 4.78 is 13.1. The number of furan rings is 1. The van der Waals surface area contributed by atoms with Crippen molar-refractivity contribution in [2.24, 2.45) is 0 Å². The van der Waals surface area contributed by atoms with Crippen LogP contribution < -0.4 is 5.63 Å². The van der Waals surface area contributed by atoms with Crippen molar-refractivity contribution in [2.45, 2.75) is 30.2 Å². The number of nitrogens with zero attached hydrogens (tertiary/aromatic N) is 3. The number of hydrogen-bond acceptors (Lipinski definition) is 6. The minimum absolute atomic E-state index is 0.327. The van der Waals surface area contributed by atoms with Gasteiger partial charge in [-0.15, -0.1) is 10.2 Å². The largest absolute Gasteiger partial charge is 0.461 e. The second-order valence-corrected chi connectivity index (χ2v) is 8.75. The van der Waals surface area contributed by atoms with Gasteiger partial charge in [0, 0.05) is 22.9 Å². The van der Waals surface area contributed by atoms with Crippen molar-refractivity contribution in [3.8, 4) is 17.3 Å². The monoisotopic (exact) mass is 441 g/mol. The molecule has 0 saturated carbocycles. The van der Waals surface area contributed by atoms with Crippen molar-refractivity contribution in [3.05, 3.63) is 94.0 Å². The minimum atomic E-state index is -0.327. The first-order valence-corrected chi connectivity index (χ1v) is 11.5. The van der Waals surface area contributed by atoms with E-state index in [-0.39, 0.29) is 5.63 Å². The van der Waals surface area contributed by atoms with Gasteiger partial charge in [0.25, 0.3) is 0 Å². The Morgan fingerprint density at radius 1 is 0.969 bits per heavy atom. The fourth-order valence-corrected chi connectivity index (χ4v) is 5.24. The van der Waals surface area contributed by atoms with Crippen LogP contribution in [0.2, 0.25) is 0 Å². The zero-order valence-electron chi connectivity index (χ0n) is 17.2. The number of para-hydroxylation sites is 1. The molecule has 0 N–H and O–H groups in total. The van der Waals surface area contributed by atoms with Gasteiger partial charge in [-0.25, -0.2) is 4.79 Å². The van der Waals surface area contributed by atoms with Gasteiger partial charge in [0.1, 0.15) is 5.58 Å². The maximum absolute atomic E-state index is 12.2. The highest BCUT2D eigenvalue weighted by Crippen LogP contribution is 2.33. The summed E-state index contributed by atoms with van der Waals surface area (Å²) in [5.41, 5.74) is 4.86. The molecule has 0 bridgehead atoms. The van der Waals surface area contributed by atoms with Crippen LogP contribution in [0.3, 0.4) is 0 Å². The van der Waals surface area contributed by atoms with E-state index in [1.807, 2.05) is 53.1 Å². The van der Waals surface area contributed by atoms with E-state index in [4.69, 9.17) is 8.83 Å². The van der Waals surface area contributed by atoms with Crippen molar-refractivity contribution in [2.75, 3.05) is 0 Å². The van der Waals surface area contributed by atoms with Crippen LogP contribution in [0.15, 0.2) is 85.7 Å². The third kappa shape index (κ3) is 3.35. The summed E-state index contributed by atoms with van der Waals surface area (Å²) in [5, 5.41) is 10.6. The molecule has 0 spiro atoms. The Morgan fingerprint density at radius 3 is 2.62 bits per heavy atom. The van der Waals surface area contributed by atoms with Crippen LogP contribution in [-0.2, 0) is 18.6 Å². The zero-order valence-corrected chi connectivity index (χ0v) is 18.0. The summed E-state index contributed by atoms with van der Waals surface area (Å²) in [4.78, 5) is 12.2. The van der Waals surface area contributed by atoms with Crippen LogP contribution >= 0.6 is 11.8 Å².